The van der Waals surface area contributed by atoms with Crippen LogP contribution in [0.3, 0.4) is 0 Å². The Kier molecular flexibility index (Phi) is 3.49. The molecule has 0 atom stereocenters. The zero-order valence-electron chi connectivity index (χ0n) is 9.82. The minimum Gasteiger partial charge on any atom is -0.374 e. The first-order valence-corrected chi connectivity index (χ1v) is 7.77. The summed E-state index contributed by atoms with van der Waals surface area (Å²) in [5, 5.41) is 10.2. The summed E-state index contributed by atoms with van der Waals surface area (Å²) in [7, 11) is -3.35. The Balaban J connectivity index is 2.25. The minimum absolute atomic E-state index is 0.0805. The smallest absolute Gasteiger partial charge is 0.257 e. The van der Waals surface area contributed by atoms with Crippen LogP contribution in [0.15, 0.2) is 29.2 Å². The third-order valence-corrected chi connectivity index (χ3v) is 3.96. The molecule has 0 spiro atoms. The quantitative estimate of drug-likeness (QED) is 0.865. The van der Waals surface area contributed by atoms with E-state index in [4.69, 9.17) is 5.73 Å². The Morgan fingerprint density at radius 3 is 2.68 bits per heavy atom. The number of nitrogens with two attached hydrogens (primary N) is 1. The third kappa shape index (κ3) is 3.26. The lowest BCUT2D eigenvalue weighted by atomic mass is 10.2. The fourth-order valence-electron chi connectivity index (χ4n) is 1.32. The molecule has 0 aliphatic rings. The van der Waals surface area contributed by atoms with E-state index < -0.39 is 15.7 Å². The van der Waals surface area contributed by atoms with E-state index in [1.165, 1.54) is 24.3 Å². The van der Waals surface area contributed by atoms with Crippen molar-refractivity contribution in [2.45, 2.75) is 4.90 Å². The normalized spacial score (nSPS) is 11.2. The molecule has 3 N–H and O–H groups in total. The molecule has 2 aromatic rings. The van der Waals surface area contributed by atoms with Crippen LogP contribution in [0.4, 0.5) is 10.3 Å². The minimum atomic E-state index is -3.35. The van der Waals surface area contributed by atoms with Crippen molar-refractivity contribution >= 4 is 37.3 Å². The first-order valence-electron chi connectivity index (χ1n) is 5.07. The second kappa shape index (κ2) is 4.94. The van der Waals surface area contributed by atoms with Crippen LogP contribution < -0.4 is 11.1 Å². The van der Waals surface area contributed by atoms with E-state index in [1.807, 2.05) is 0 Å². The number of anilines is 2. The maximum absolute atomic E-state index is 11.9. The Hall–Kier alpha value is -2.00. The van der Waals surface area contributed by atoms with Gasteiger partial charge in [0.25, 0.3) is 5.91 Å². The number of nitrogens with one attached hydrogen (secondary N) is 1. The van der Waals surface area contributed by atoms with Gasteiger partial charge in [-0.15, -0.1) is 10.2 Å². The van der Waals surface area contributed by atoms with Crippen LogP contribution in [0.5, 0.6) is 0 Å². The highest BCUT2D eigenvalue weighted by atomic mass is 32.2. The topological polar surface area (TPSA) is 115 Å². The van der Waals surface area contributed by atoms with Crippen molar-refractivity contribution in [1.29, 1.82) is 0 Å². The molecule has 0 fully saturated rings. The molecule has 7 nitrogen and oxygen atoms in total. The third-order valence-electron chi connectivity index (χ3n) is 2.19. The molecule has 1 heterocycles. The lowest BCUT2D eigenvalue weighted by Gasteiger charge is -2.03. The van der Waals surface area contributed by atoms with Gasteiger partial charge in [-0.1, -0.05) is 17.4 Å². The molecule has 0 saturated heterocycles. The van der Waals surface area contributed by atoms with E-state index >= 15 is 0 Å². The molecule has 0 aliphatic carbocycles. The number of amides is 1. The molecule has 1 amide bonds. The van der Waals surface area contributed by atoms with Crippen molar-refractivity contribution in [3.63, 3.8) is 0 Å². The zero-order valence-corrected chi connectivity index (χ0v) is 11.5. The second-order valence-corrected chi connectivity index (χ2v) is 6.72. The Morgan fingerprint density at radius 1 is 1.37 bits per heavy atom. The summed E-state index contributed by atoms with van der Waals surface area (Å²) in [5.41, 5.74) is 5.61. The van der Waals surface area contributed by atoms with E-state index in [0.29, 0.717) is 0 Å². The first kappa shape index (κ1) is 13.4. The van der Waals surface area contributed by atoms with Crippen molar-refractivity contribution in [1.82, 2.24) is 10.2 Å². The van der Waals surface area contributed by atoms with Crippen LogP contribution in [0.25, 0.3) is 0 Å². The molecule has 2 rings (SSSR count). The maximum Gasteiger partial charge on any atom is 0.257 e. The molecule has 100 valence electrons. The van der Waals surface area contributed by atoms with E-state index in [-0.39, 0.29) is 20.7 Å². The van der Waals surface area contributed by atoms with Gasteiger partial charge < -0.3 is 5.73 Å². The Labute approximate surface area is 113 Å². The molecule has 0 saturated carbocycles. The number of benzene rings is 1. The molecule has 9 heteroatoms. The molecule has 19 heavy (non-hydrogen) atoms. The number of aromatic nitrogens is 2. The summed E-state index contributed by atoms with van der Waals surface area (Å²) in [6.45, 7) is 0. The molecule has 0 radical (unpaired) electrons. The molecule has 1 aromatic carbocycles. The highest BCUT2D eigenvalue weighted by Gasteiger charge is 2.13. The van der Waals surface area contributed by atoms with Crippen molar-refractivity contribution in [3.05, 3.63) is 29.8 Å². The number of rotatable bonds is 3. The van der Waals surface area contributed by atoms with Gasteiger partial charge in [0, 0.05) is 11.8 Å². The first-order chi connectivity index (χ1) is 8.86. The predicted molar refractivity (Wildman–Crippen MR) is 71.8 cm³/mol. The fourth-order valence-corrected chi connectivity index (χ4v) is 2.49. The predicted octanol–water partition coefficient (Wildman–Crippen LogP) is 0.776. The Bertz CT molecular complexity index is 724. The number of hydrogen-bond donors (Lipinski definition) is 2. The van der Waals surface area contributed by atoms with Crippen molar-refractivity contribution in [2.24, 2.45) is 0 Å². The lowest BCUT2D eigenvalue weighted by molar-refractivity contribution is 0.102. The van der Waals surface area contributed by atoms with E-state index in [0.717, 1.165) is 17.6 Å². The van der Waals surface area contributed by atoms with E-state index in [2.05, 4.69) is 15.5 Å². The van der Waals surface area contributed by atoms with Crippen LogP contribution in [0.2, 0.25) is 0 Å². The van der Waals surface area contributed by atoms with Gasteiger partial charge in [0.15, 0.2) is 9.84 Å². The SMILES string of the molecule is CS(=O)(=O)c1cccc(C(=O)Nc2nnc(N)s2)c1. The van der Waals surface area contributed by atoms with Crippen molar-refractivity contribution < 1.29 is 13.2 Å². The standard InChI is InChI=1S/C10H10N4O3S2/c1-19(16,17)7-4-2-3-6(5-7)8(15)12-10-14-13-9(11)18-10/h2-5H,1H3,(H2,11,13)(H,12,14,15). The highest BCUT2D eigenvalue weighted by molar-refractivity contribution is 7.90. The summed E-state index contributed by atoms with van der Waals surface area (Å²) in [6, 6.07) is 5.73. The fraction of sp³-hybridized carbons (Fsp3) is 0.100. The molecule has 0 bridgehead atoms. The van der Waals surface area contributed by atoms with Gasteiger partial charge in [-0.05, 0) is 18.2 Å². The van der Waals surface area contributed by atoms with Crippen LogP contribution in [0, 0.1) is 0 Å². The summed E-state index contributed by atoms with van der Waals surface area (Å²) >= 11 is 1.03. The number of hydrogen-bond acceptors (Lipinski definition) is 7. The van der Waals surface area contributed by atoms with Gasteiger partial charge in [0.2, 0.25) is 10.3 Å². The lowest BCUT2D eigenvalue weighted by Crippen LogP contribution is -2.12. The van der Waals surface area contributed by atoms with Crippen LogP contribution >= 0.6 is 11.3 Å². The Morgan fingerprint density at radius 2 is 2.11 bits per heavy atom. The van der Waals surface area contributed by atoms with Crippen molar-refractivity contribution in [2.75, 3.05) is 17.3 Å². The van der Waals surface area contributed by atoms with Gasteiger partial charge in [0.05, 0.1) is 4.90 Å². The molecular weight excluding hydrogens is 288 g/mol. The van der Waals surface area contributed by atoms with Gasteiger partial charge >= 0.3 is 0 Å². The van der Waals surface area contributed by atoms with Gasteiger partial charge in [-0.3, -0.25) is 10.1 Å². The average Bonchev–Trinajstić information content (AvgIpc) is 2.74. The largest absolute Gasteiger partial charge is 0.374 e. The van der Waals surface area contributed by atoms with Crippen LogP contribution in [-0.2, 0) is 9.84 Å². The number of carbonyl (C=O) groups excluding carboxylic acids is 1. The summed E-state index contributed by atoms with van der Waals surface area (Å²) in [5.74, 6) is -0.471. The number of carbonyl (C=O) groups is 1. The van der Waals surface area contributed by atoms with E-state index in [9.17, 15) is 13.2 Å². The van der Waals surface area contributed by atoms with Gasteiger partial charge in [-0.2, -0.15) is 0 Å². The monoisotopic (exact) mass is 298 g/mol. The molecule has 1 aromatic heterocycles. The number of sulfone groups is 1. The number of nitrogen functional groups attached to an aromatic ring is 1. The van der Waals surface area contributed by atoms with Crippen LogP contribution in [-0.4, -0.2) is 30.8 Å². The molecule has 0 unspecified atom stereocenters. The van der Waals surface area contributed by atoms with Gasteiger partial charge in [0.1, 0.15) is 0 Å². The molecular formula is C10H10N4O3S2. The maximum atomic E-state index is 11.9. The zero-order chi connectivity index (χ0) is 14.0. The summed E-state index contributed by atoms with van der Waals surface area (Å²) in [4.78, 5) is 12.0. The van der Waals surface area contributed by atoms with E-state index in [1.54, 1.807) is 0 Å². The van der Waals surface area contributed by atoms with Crippen molar-refractivity contribution in [3.8, 4) is 0 Å². The average molecular weight is 298 g/mol. The van der Waals surface area contributed by atoms with Gasteiger partial charge in [-0.25, -0.2) is 8.42 Å². The number of nitrogens with zero attached hydrogens (tertiary/aromatic N) is 2. The second-order valence-electron chi connectivity index (χ2n) is 3.70. The summed E-state index contributed by atoms with van der Waals surface area (Å²) < 4.78 is 22.8. The summed E-state index contributed by atoms with van der Waals surface area (Å²) in [6.07, 6.45) is 1.08. The molecule has 0 aliphatic heterocycles. The highest BCUT2D eigenvalue weighted by Crippen LogP contribution is 2.18. The van der Waals surface area contributed by atoms with Crippen LogP contribution in [0.1, 0.15) is 10.4 Å².